The van der Waals surface area contributed by atoms with Crippen LogP contribution in [0.2, 0.25) is 0 Å². The van der Waals surface area contributed by atoms with Gasteiger partial charge in [-0.05, 0) is 55.9 Å². The molecule has 1 saturated heterocycles. The summed E-state index contributed by atoms with van der Waals surface area (Å²) in [6.07, 6.45) is 8.04. The number of ketones is 1. The molecule has 5 nitrogen and oxygen atoms in total. The van der Waals surface area contributed by atoms with Crippen LogP contribution in [-0.2, 0) is 20.0 Å². The van der Waals surface area contributed by atoms with Gasteiger partial charge in [-0.15, -0.1) is 0 Å². The highest BCUT2D eigenvalue weighted by Crippen LogP contribution is 2.29. The van der Waals surface area contributed by atoms with Gasteiger partial charge in [0, 0.05) is 42.0 Å². The first-order valence-electron chi connectivity index (χ1n) is 11.8. The molecule has 5 rings (SSSR count). The Kier molecular flexibility index (Phi) is 6.05. The van der Waals surface area contributed by atoms with Crippen LogP contribution >= 0.6 is 0 Å². The summed E-state index contributed by atoms with van der Waals surface area (Å²) in [5, 5.41) is 6.74. The van der Waals surface area contributed by atoms with Gasteiger partial charge < -0.3 is 0 Å². The Morgan fingerprint density at radius 2 is 1.73 bits per heavy atom. The van der Waals surface area contributed by atoms with Crippen LogP contribution in [-0.4, -0.2) is 38.5 Å². The Bertz CT molecular complexity index is 1280. The van der Waals surface area contributed by atoms with Gasteiger partial charge in [0.15, 0.2) is 5.78 Å². The summed E-state index contributed by atoms with van der Waals surface area (Å²) in [4.78, 5) is 19.8. The maximum atomic E-state index is 12.7. The number of rotatable bonds is 6. The van der Waals surface area contributed by atoms with Crippen molar-refractivity contribution in [2.75, 3.05) is 13.1 Å². The van der Waals surface area contributed by atoms with Gasteiger partial charge in [-0.3, -0.25) is 19.4 Å². The summed E-state index contributed by atoms with van der Waals surface area (Å²) in [6.45, 7) is 5.27. The third-order valence-corrected chi connectivity index (χ3v) is 6.69. The molecule has 168 valence electrons. The first kappa shape index (κ1) is 21.5. The summed E-state index contributed by atoms with van der Waals surface area (Å²) in [5.74, 6) is 0.0917. The second-order valence-electron chi connectivity index (χ2n) is 9.17. The molecule has 0 unspecified atom stereocenters. The molecule has 0 aliphatic carbocycles. The molecule has 0 bridgehead atoms. The van der Waals surface area contributed by atoms with Crippen molar-refractivity contribution in [3.63, 3.8) is 0 Å². The fourth-order valence-corrected chi connectivity index (χ4v) is 4.68. The normalized spacial score (nSPS) is 14.6. The summed E-state index contributed by atoms with van der Waals surface area (Å²) < 4.78 is 2.01. The highest BCUT2D eigenvalue weighted by atomic mass is 16.1. The predicted octanol–water partition coefficient (Wildman–Crippen LogP) is 5.36. The van der Waals surface area contributed by atoms with Crippen LogP contribution in [0.1, 0.15) is 46.6 Å². The van der Waals surface area contributed by atoms with Gasteiger partial charge in [-0.2, -0.15) is 5.10 Å². The van der Waals surface area contributed by atoms with E-state index in [1.807, 2.05) is 61.4 Å². The molecule has 2 aromatic carbocycles. The topological polar surface area (TPSA) is 51.0 Å². The van der Waals surface area contributed by atoms with E-state index in [0.717, 1.165) is 52.8 Å². The Balaban J connectivity index is 1.41. The van der Waals surface area contributed by atoms with E-state index < -0.39 is 0 Å². The SMILES string of the molecule is Cc1ccc(C(=O)Cc2cc3cc(-c4cnn(C)c4CN4CCCCC4)ccc3cn2)cc1. The second-order valence-corrected chi connectivity index (χ2v) is 9.17. The van der Waals surface area contributed by atoms with Crippen molar-refractivity contribution in [2.24, 2.45) is 7.05 Å². The van der Waals surface area contributed by atoms with E-state index in [-0.39, 0.29) is 5.78 Å². The van der Waals surface area contributed by atoms with Gasteiger partial charge in [0.25, 0.3) is 0 Å². The van der Waals surface area contributed by atoms with Gasteiger partial charge >= 0.3 is 0 Å². The van der Waals surface area contributed by atoms with Gasteiger partial charge in [0.1, 0.15) is 0 Å². The molecule has 4 aromatic rings. The highest BCUT2D eigenvalue weighted by Gasteiger charge is 2.17. The standard InChI is InChI=1S/C28H30N4O/c1-20-6-8-21(9-7-20)28(33)16-25-15-24-14-22(10-11-23(24)17-29-25)26-18-30-31(2)27(26)19-32-12-4-3-5-13-32/h6-11,14-15,17-18H,3-5,12-13,16,19H2,1-2H3. The second kappa shape index (κ2) is 9.28. The van der Waals surface area contributed by atoms with Gasteiger partial charge in [-0.1, -0.05) is 48.4 Å². The number of nitrogens with zero attached hydrogens (tertiary/aromatic N) is 4. The summed E-state index contributed by atoms with van der Waals surface area (Å²) >= 11 is 0. The maximum Gasteiger partial charge on any atom is 0.168 e. The number of benzene rings is 2. The van der Waals surface area contributed by atoms with Crippen molar-refractivity contribution in [2.45, 2.75) is 39.2 Å². The molecule has 0 spiro atoms. The molecule has 0 atom stereocenters. The quantitative estimate of drug-likeness (QED) is 0.381. The number of fused-ring (bicyclic) bond motifs is 1. The molecule has 0 N–H and O–H groups in total. The van der Waals surface area contributed by atoms with E-state index >= 15 is 0 Å². The minimum absolute atomic E-state index is 0.0917. The summed E-state index contributed by atoms with van der Waals surface area (Å²) in [5.41, 5.74) is 6.26. The van der Waals surface area contributed by atoms with E-state index in [2.05, 4.69) is 33.2 Å². The number of Topliss-reactive ketones (excluding diaryl/α,β-unsaturated/α-hetero) is 1. The van der Waals surface area contributed by atoms with Crippen LogP contribution in [0, 0.1) is 6.92 Å². The van der Waals surface area contributed by atoms with E-state index in [4.69, 9.17) is 0 Å². The minimum Gasteiger partial charge on any atom is -0.298 e. The Hall–Kier alpha value is -3.31. The molecule has 3 heterocycles. The highest BCUT2D eigenvalue weighted by molar-refractivity contribution is 5.98. The Labute approximate surface area is 195 Å². The van der Waals surface area contributed by atoms with E-state index in [1.165, 1.54) is 30.5 Å². The molecule has 2 aromatic heterocycles. The van der Waals surface area contributed by atoms with Crippen molar-refractivity contribution in [3.8, 4) is 11.1 Å². The number of pyridine rings is 1. The molecular formula is C28H30N4O. The minimum atomic E-state index is 0.0917. The van der Waals surface area contributed by atoms with Crippen LogP contribution in [0.5, 0.6) is 0 Å². The molecule has 0 radical (unpaired) electrons. The molecule has 0 amide bonds. The lowest BCUT2D eigenvalue weighted by molar-refractivity contribution is 0.0992. The average molecular weight is 439 g/mol. The zero-order valence-electron chi connectivity index (χ0n) is 19.4. The maximum absolute atomic E-state index is 12.7. The fourth-order valence-electron chi connectivity index (χ4n) is 4.68. The largest absolute Gasteiger partial charge is 0.298 e. The molecule has 1 fully saturated rings. The first-order valence-corrected chi connectivity index (χ1v) is 11.8. The van der Waals surface area contributed by atoms with Gasteiger partial charge in [0.2, 0.25) is 0 Å². The third-order valence-electron chi connectivity index (χ3n) is 6.69. The number of hydrogen-bond donors (Lipinski definition) is 0. The van der Waals surface area contributed by atoms with E-state index in [1.54, 1.807) is 0 Å². The number of piperidine rings is 1. The Morgan fingerprint density at radius 1 is 0.939 bits per heavy atom. The smallest absolute Gasteiger partial charge is 0.168 e. The van der Waals surface area contributed by atoms with Crippen LogP contribution in [0.25, 0.3) is 21.9 Å². The van der Waals surface area contributed by atoms with Crippen molar-refractivity contribution in [3.05, 3.63) is 83.4 Å². The van der Waals surface area contributed by atoms with Crippen LogP contribution in [0.4, 0.5) is 0 Å². The molecule has 33 heavy (non-hydrogen) atoms. The monoisotopic (exact) mass is 438 g/mol. The van der Waals surface area contributed by atoms with Gasteiger partial charge in [0.05, 0.1) is 18.3 Å². The molecule has 1 aliphatic heterocycles. The van der Waals surface area contributed by atoms with Crippen LogP contribution in [0.15, 0.2) is 60.9 Å². The lowest BCUT2D eigenvalue weighted by atomic mass is 10.00. The lowest BCUT2D eigenvalue weighted by Crippen LogP contribution is -2.30. The average Bonchev–Trinajstić information content (AvgIpc) is 3.19. The summed E-state index contributed by atoms with van der Waals surface area (Å²) in [7, 11) is 2.03. The molecular weight excluding hydrogens is 408 g/mol. The van der Waals surface area contributed by atoms with Crippen LogP contribution < -0.4 is 0 Å². The van der Waals surface area contributed by atoms with Crippen LogP contribution in [0.3, 0.4) is 0 Å². The number of aromatic nitrogens is 3. The molecule has 5 heteroatoms. The van der Waals surface area contributed by atoms with Crippen molar-refractivity contribution < 1.29 is 4.79 Å². The first-order chi connectivity index (χ1) is 16.1. The number of carbonyl (C=O) groups excluding carboxylic acids is 1. The number of likely N-dealkylation sites (tertiary alicyclic amines) is 1. The molecule has 1 aliphatic rings. The van der Waals surface area contributed by atoms with Crippen molar-refractivity contribution in [1.82, 2.24) is 19.7 Å². The zero-order valence-corrected chi connectivity index (χ0v) is 19.4. The lowest BCUT2D eigenvalue weighted by Gasteiger charge is -2.26. The van der Waals surface area contributed by atoms with Crippen molar-refractivity contribution >= 4 is 16.6 Å². The fraction of sp³-hybridized carbons (Fsp3) is 0.321. The number of carbonyl (C=O) groups is 1. The summed E-state index contributed by atoms with van der Waals surface area (Å²) in [6, 6.07) is 16.2. The van der Waals surface area contributed by atoms with Crippen molar-refractivity contribution in [1.29, 1.82) is 0 Å². The number of aryl methyl sites for hydroxylation is 2. The van der Waals surface area contributed by atoms with E-state index in [0.29, 0.717) is 6.42 Å². The predicted molar refractivity (Wildman–Crippen MR) is 132 cm³/mol. The van der Waals surface area contributed by atoms with E-state index in [9.17, 15) is 4.79 Å². The zero-order chi connectivity index (χ0) is 22.8. The third kappa shape index (κ3) is 4.74. The Morgan fingerprint density at radius 3 is 2.52 bits per heavy atom. The molecule has 0 saturated carbocycles. The number of hydrogen-bond acceptors (Lipinski definition) is 4. The van der Waals surface area contributed by atoms with Gasteiger partial charge in [-0.25, -0.2) is 0 Å².